The first-order valence-corrected chi connectivity index (χ1v) is 6.37. The van der Waals surface area contributed by atoms with Gasteiger partial charge < -0.3 is 20.3 Å². The quantitative estimate of drug-likeness (QED) is 0.486. The van der Waals surface area contributed by atoms with Crippen LogP contribution in [0.3, 0.4) is 0 Å². The van der Waals surface area contributed by atoms with Crippen molar-refractivity contribution in [2.45, 2.75) is 6.42 Å². The molecule has 7 nitrogen and oxygen atoms in total. The molecule has 0 saturated carbocycles. The molecule has 0 amide bonds. The van der Waals surface area contributed by atoms with Gasteiger partial charge in [-0.25, -0.2) is 0 Å². The number of carboxylic acids is 1. The van der Waals surface area contributed by atoms with Crippen molar-refractivity contribution in [2.24, 2.45) is 10.2 Å². The van der Waals surface area contributed by atoms with Crippen LogP contribution in [-0.4, -0.2) is 33.3 Å². The Balaban J connectivity index is 2.23. The van der Waals surface area contributed by atoms with Crippen LogP contribution in [-0.2, 0) is 11.2 Å². The smallest absolute Gasteiger partial charge is 0.488 e. The van der Waals surface area contributed by atoms with Gasteiger partial charge >= 0.3 is 13.1 Å². The van der Waals surface area contributed by atoms with Gasteiger partial charge in [-0.1, -0.05) is 12.1 Å². The SMILES string of the molecule is O=C(O)Cc1cc(/N=N/c2cccc(B(O)O)c2)ccc1O. The highest BCUT2D eigenvalue weighted by atomic mass is 16.4. The molecule has 2 aromatic carbocycles. The highest BCUT2D eigenvalue weighted by Crippen LogP contribution is 2.25. The fraction of sp³-hybridized carbons (Fsp3) is 0.0714. The third-order valence-corrected chi connectivity index (χ3v) is 2.85. The Hall–Kier alpha value is -2.71. The molecule has 2 aromatic rings. The molecule has 112 valence electrons. The maximum absolute atomic E-state index is 10.7. The molecule has 0 heterocycles. The van der Waals surface area contributed by atoms with Crippen LogP contribution in [0, 0.1) is 0 Å². The molecule has 0 aliphatic rings. The number of carboxylic acid groups (broad SMARTS) is 1. The minimum Gasteiger partial charge on any atom is -0.508 e. The molecule has 0 aliphatic heterocycles. The van der Waals surface area contributed by atoms with Gasteiger partial charge in [0.15, 0.2) is 0 Å². The monoisotopic (exact) mass is 300 g/mol. The van der Waals surface area contributed by atoms with E-state index in [2.05, 4.69) is 10.2 Å². The van der Waals surface area contributed by atoms with E-state index in [1.165, 1.54) is 30.3 Å². The zero-order chi connectivity index (χ0) is 16.1. The second-order valence-electron chi connectivity index (χ2n) is 4.55. The molecule has 0 bridgehead atoms. The van der Waals surface area contributed by atoms with E-state index in [0.29, 0.717) is 11.4 Å². The average Bonchev–Trinajstić information content (AvgIpc) is 2.48. The largest absolute Gasteiger partial charge is 0.508 e. The van der Waals surface area contributed by atoms with Crippen LogP contribution in [0.2, 0.25) is 0 Å². The van der Waals surface area contributed by atoms with Crippen LogP contribution in [0.1, 0.15) is 5.56 Å². The van der Waals surface area contributed by atoms with Crippen molar-refractivity contribution in [1.82, 2.24) is 0 Å². The van der Waals surface area contributed by atoms with Crippen molar-refractivity contribution in [3.05, 3.63) is 48.0 Å². The number of phenolic OH excluding ortho intramolecular Hbond substituents is 1. The van der Waals surface area contributed by atoms with Gasteiger partial charge in [-0.15, -0.1) is 0 Å². The summed E-state index contributed by atoms with van der Waals surface area (Å²) in [6, 6.07) is 10.5. The molecule has 0 atom stereocenters. The Morgan fingerprint density at radius 3 is 2.36 bits per heavy atom. The van der Waals surface area contributed by atoms with Crippen molar-refractivity contribution in [3.8, 4) is 5.75 Å². The minimum atomic E-state index is -1.59. The zero-order valence-corrected chi connectivity index (χ0v) is 11.4. The number of benzene rings is 2. The number of aliphatic carboxylic acids is 1. The van der Waals surface area contributed by atoms with Gasteiger partial charge in [-0.3, -0.25) is 4.79 Å². The summed E-state index contributed by atoms with van der Waals surface area (Å²) in [5.74, 6) is -1.18. The summed E-state index contributed by atoms with van der Waals surface area (Å²) in [5, 5.41) is 44.4. The molecule has 8 heteroatoms. The van der Waals surface area contributed by atoms with Gasteiger partial charge in [0.05, 0.1) is 17.8 Å². The van der Waals surface area contributed by atoms with Crippen LogP contribution < -0.4 is 5.46 Å². The molecule has 4 N–H and O–H groups in total. The van der Waals surface area contributed by atoms with Gasteiger partial charge in [-0.05, 0) is 35.8 Å². The van der Waals surface area contributed by atoms with Crippen LogP contribution in [0.25, 0.3) is 0 Å². The van der Waals surface area contributed by atoms with E-state index in [1.54, 1.807) is 12.1 Å². The van der Waals surface area contributed by atoms with E-state index in [1.807, 2.05) is 0 Å². The van der Waals surface area contributed by atoms with Gasteiger partial charge in [0.2, 0.25) is 0 Å². The Morgan fingerprint density at radius 2 is 1.73 bits per heavy atom. The first kappa shape index (κ1) is 15.7. The molecule has 0 spiro atoms. The normalized spacial score (nSPS) is 10.8. The number of carbonyl (C=O) groups is 1. The Bertz CT molecular complexity index is 718. The Morgan fingerprint density at radius 1 is 1.05 bits per heavy atom. The summed E-state index contributed by atoms with van der Waals surface area (Å²) < 4.78 is 0. The van der Waals surface area contributed by atoms with Crippen molar-refractivity contribution in [2.75, 3.05) is 0 Å². The Labute approximate surface area is 126 Å². The molecule has 2 rings (SSSR count). The summed E-state index contributed by atoms with van der Waals surface area (Å²) in [5.41, 5.74) is 1.32. The standard InChI is InChI=1S/C14H13BN2O5/c18-13-5-4-12(6-9(13)7-14(19)20)17-16-11-3-1-2-10(8-11)15(21)22/h1-6,8,18,21-22H,7H2,(H,19,20)/b17-16+. The fourth-order valence-electron chi connectivity index (χ4n) is 1.80. The Kier molecular flexibility index (Phi) is 4.87. The maximum Gasteiger partial charge on any atom is 0.488 e. The second-order valence-corrected chi connectivity index (χ2v) is 4.55. The first-order valence-electron chi connectivity index (χ1n) is 6.37. The van der Waals surface area contributed by atoms with Gasteiger partial charge in [-0.2, -0.15) is 10.2 Å². The molecular formula is C14H13BN2O5. The van der Waals surface area contributed by atoms with E-state index in [9.17, 15) is 9.90 Å². The number of aromatic hydroxyl groups is 1. The summed E-state index contributed by atoms with van der Waals surface area (Å²) >= 11 is 0. The molecule has 0 aromatic heterocycles. The summed E-state index contributed by atoms with van der Waals surface area (Å²) in [6.45, 7) is 0. The van der Waals surface area contributed by atoms with Gasteiger partial charge in [0, 0.05) is 5.56 Å². The number of hydrogen-bond donors (Lipinski definition) is 4. The van der Waals surface area contributed by atoms with E-state index < -0.39 is 13.1 Å². The van der Waals surface area contributed by atoms with E-state index in [0.717, 1.165) is 0 Å². The minimum absolute atomic E-state index is 0.119. The number of rotatable bonds is 5. The maximum atomic E-state index is 10.7. The molecule has 0 fully saturated rings. The predicted octanol–water partition coefficient (Wildman–Crippen LogP) is 1.11. The molecule has 0 aliphatic carbocycles. The van der Waals surface area contributed by atoms with Crippen LogP contribution >= 0.6 is 0 Å². The van der Waals surface area contributed by atoms with Crippen molar-refractivity contribution in [1.29, 1.82) is 0 Å². The highest BCUT2D eigenvalue weighted by molar-refractivity contribution is 6.58. The lowest BCUT2D eigenvalue weighted by Crippen LogP contribution is -2.29. The summed E-state index contributed by atoms with van der Waals surface area (Å²) in [6.07, 6.45) is -0.318. The third kappa shape index (κ3) is 4.14. The average molecular weight is 300 g/mol. The molecule has 22 heavy (non-hydrogen) atoms. The van der Waals surface area contributed by atoms with Crippen molar-refractivity contribution in [3.63, 3.8) is 0 Å². The third-order valence-electron chi connectivity index (χ3n) is 2.85. The number of hydrogen-bond acceptors (Lipinski definition) is 6. The van der Waals surface area contributed by atoms with Gasteiger partial charge in [0.25, 0.3) is 0 Å². The van der Waals surface area contributed by atoms with Crippen molar-refractivity contribution < 1.29 is 25.1 Å². The molecule has 0 saturated heterocycles. The lowest BCUT2D eigenvalue weighted by molar-refractivity contribution is -0.136. The van der Waals surface area contributed by atoms with E-state index in [-0.39, 0.29) is 23.2 Å². The topological polar surface area (TPSA) is 123 Å². The second kappa shape index (κ2) is 6.84. The lowest BCUT2D eigenvalue weighted by atomic mass is 9.80. The summed E-state index contributed by atoms with van der Waals surface area (Å²) in [4.78, 5) is 10.7. The lowest BCUT2D eigenvalue weighted by Gasteiger charge is -2.02. The first-order chi connectivity index (χ1) is 10.5. The van der Waals surface area contributed by atoms with Gasteiger partial charge in [0.1, 0.15) is 5.75 Å². The predicted molar refractivity (Wildman–Crippen MR) is 79.9 cm³/mol. The van der Waals surface area contributed by atoms with Crippen molar-refractivity contribution >= 4 is 29.9 Å². The van der Waals surface area contributed by atoms with Crippen LogP contribution in [0.5, 0.6) is 5.75 Å². The van der Waals surface area contributed by atoms with E-state index >= 15 is 0 Å². The molecule has 0 radical (unpaired) electrons. The highest BCUT2D eigenvalue weighted by Gasteiger charge is 2.10. The number of nitrogens with zero attached hydrogens (tertiary/aromatic N) is 2. The van der Waals surface area contributed by atoms with E-state index in [4.69, 9.17) is 15.2 Å². The molecular weight excluding hydrogens is 287 g/mol. The van der Waals surface area contributed by atoms with Crippen LogP contribution in [0.15, 0.2) is 52.7 Å². The van der Waals surface area contributed by atoms with Crippen LogP contribution in [0.4, 0.5) is 11.4 Å². The fourth-order valence-corrected chi connectivity index (χ4v) is 1.80. The number of phenols is 1. The molecule has 0 unspecified atom stereocenters. The summed E-state index contributed by atoms with van der Waals surface area (Å²) in [7, 11) is -1.59. The number of azo groups is 1. The zero-order valence-electron chi connectivity index (χ0n) is 11.4.